The molecule has 0 spiro atoms. The number of amides is 1. The van der Waals surface area contributed by atoms with E-state index in [-0.39, 0.29) is 17.6 Å². The molecular weight excluding hydrogens is 142 g/mol. The van der Waals surface area contributed by atoms with Gasteiger partial charge in [0.2, 0.25) is 5.91 Å². The number of carbonyl (C=O) groups excluding carboxylic acids is 1. The van der Waals surface area contributed by atoms with Crippen LogP contribution in [0, 0.1) is 4.91 Å². The standard InChI is InChI=1S/C3H3N3O2S/c7-2-1-6(5-8)3(9)4-2/h1H2,(H,4,7,9). The quantitative estimate of drug-likeness (QED) is 0.394. The summed E-state index contributed by atoms with van der Waals surface area (Å²) in [5, 5.41) is 5.69. The molecule has 1 aliphatic rings. The number of nitrogens with one attached hydrogen (secondary N) is 1. The lowest BCUT2D eigenvalue weighted by Crippen LogP contribution is -2.23. The second-order valence-corrected chi connectivity index (χ2v) is 1.88. The highest BCUT2D eigenvalue weighted by molar-refractivity contribution is 7.80. The summed E-state index contributed by atoms with van der Waals surface area (Å²) in [5.74, 6) is -0.292. The van der Waals surface area contributed by atoms with Gasteiger partial charge in [0, 0.05) is 0 Å². The number of rotatable bonds is 1. The fourth-order valence-corrected chi connectivity index (χ4v) is 0.709. The summed E-state index contributed by atoms with van der Waals surface area (Å²) in [7, 11) is 0. The van der Waals surface area contributed by atoms with Crippen LogP contribution in [0.15, 0.2) is 5.29 Å². The zero-order valence-corrected chi connectivity index (χ0v) is 5.14. The SMILES string of the molecule is O=NN1CC(=O)NC1=S. The van der Waals surface area contributed by atoms with Gasteiger partial charge in [0.25, 0.3) is 0 Å². The summed E-state index contributed by atoms with van der Waals surface area (Å²) in [4.78, 5) is 20.1. The van der Waals surface area contributed by atoms with Crippen LogP contribution in [0.1, 0.15) is 0 Å². The van der Waals surface area contributed by atoms with Gasteiger partial charge in [-0.25, -0.2) is 0 Å². The Bertz CT molecular complexity index is 180. The van der Waals surface area contributed by atoms with Gasteiger partial charge in [-0.15, -0.1) is 4.91 Å². The first-order valence-corrected chi connectivity index (χ1v) is 2.59. The number of thiocarbonyl (C=S) groups is 1. The molecular formula is C3H3N3O2S. The summed E-state index contributed by atoms with van der Waals surface area (Å²) in [6.07, 6.45) is 0. The van der Waals surface area contributed by atoms with Crippen LogP contribution in [0.4, 0.5) is 0 Å². The lowest BCUT2D eigenvalue weighted by molar-refractivity contribution is -0.118. The van der Waals surface area contributed by atoms with Crippen LogP contribution < -0.4 is 5.32 Å². The van der Waals surface area contributed by atoms with E-state index in [9.17, 15) is 9.70 Å². The van der Waals surface area contributed by atoms with Gasteiger partial charge in [-0.3, -0.25) is 10.1 Å². The van der Waals surface area contributed by atoms with Crippen molar-refractivity contribution in [1.29, 1.82) is 0 Å². The van der Waals surface area contributed by atoms with Crippen molar-refractivity contribution >= 4 is 23.2 Å². The van der Waals surface area contributed by atoms with Crippen molar-refractivity contribution in [2.75, 3.05) is 6.54 Å². The third-order valence-corrected chi connectivity index (χ3v) is 1.19. The van der Waals surface area contributed by atoms with Gasteiger partial charge >= 0.3 is 0 Å². The van der Waals surface area contributed by atoms with E-state index in [0.717, 1.165) is 5.01 Å². The van der Waals surface area contributed by atoms with E-state index in [1.54, 1.807) is 0 Å². The predicted octanol–water partition coefficient (Wildman–Crippen LogP) is -0.615. The molecule has 0 aliphatic carbocycles. The molecule has 1 fully saturated rings. The van der Waals surface area contributed by atoms with E-state index in [0.29, 0.717) is 0 Å². The molecule has 0 atom stereocenters. The van der Waals surface area contributed by atoms with E-state index >= 15 is 0 Å². The van der Waals surface area contributed by atoms with Crippen molar-refractivity contribution in [3.05, 3.63) is 4.91 Å². The van der Waals surface area contributed by atoms with Gasteiger partial charge < -0.3 is 0 Å². The minimum absolute atomic E-state index is 0.0532. The fraction of sp³-hybridized carbons (Fsp3) is 0.333. The Hall–Kier alpha value is -1.04. The van der Waals surface area contributed by atoms with E-state index in [1.165, 1.54) is 0 Å². The minimum atomic E-state index is -0.292. The van der Waals surface area contributed by atoms with Crippen LogP contribution in [0.3, 0.4) is 0 Å². The molecule has 1 amide bonds. The number of hydrogen-bond acceptors (Lipinski definition) is 4. The number of hydrogen-bond donors (Lipinski definition) is 1. The van der Waals surface area contributed by atoms with Crippen LogP contribution in [0.25, 0.3) is 0 Å². The highest BCUT2D eigenvalue weighted by atomic mass is 32.1. The van der Waals surface area contributed by atoms with Gasteiger partial charge in [-0.05, 0) is 12.2 Å². The predicted molar refractivity (Wildman–Crippen MR) is 33.2 cm³/mol. The maximum atomic E-state index is 10.4. The zero-order valence-electron chi connectivity index (χ0n) is 4.33. The molecule has 6 heteroatoms. The number of nitrogens with zero attached hydrogens (tertiary/aromatic N) is 2. The van der Waals surface area contributed by atoms with Crippen molar-refractivity contribution in [2.45, 2.75) is 0 Å². The number of carbonyl (C=O) groups is 1. The van der Waals surface area contributed by atoms with Crippen molar-refractivity contribution < 1.29 is 4.79 Å². The normalized spacial score (nSPS) is 18.0. The lowest BCUT2D eigenvalue weighted by atomic mass is 10.7. The van der Waals surface area contributed by atoms with Crippen LogP contribution in [0.2, 0.25) is 0 Å². The van der Waals surface area contributed by atoms with Crippen molar-refractivity contribution in [3.8, 4) is 0 Å². The monoisotopic (exact) mass is 145 g/mol. The van der Waals surface area contributed by atoms with E-state index < -0.39 is 0 Å². The fourth-order valence-electron chi connectivity index (χ4n) is 0.497. The zero-order chi connectivity index (χ0) is 6.85. The molecule has 1 rings (SSSR count). The summed E-state index contributed by atoms with van der Waals surface area (Å²) >= 11 is 4.52. The van der Waals surface area contributed by atoms with Gasteiger partial charge in [0.05, 0.1) is 5.29 Å². The average molecular weight is 145 g/mol. The Labute approximate surface area is 56.0 Å². The molecule has 0 saturated carbocycles. The van der Waals surface area contributed by atoms with Gasteiger partial charge in [-0.1, -0.05) is 0 Å². The molecule has 0 radical (unpaired) electrons. The minimum Gasteiger partial charge on any atom is -0.300 e. The van der Waals surface area contributed by atoms with Crippen molar-refractivity contribution in [2.24, 2.45) is 5.29 Å². The molecule has 1 heterocycles. The summed E-state index contributed by atoms with van der Waals surface area (Å²) in [6.45, 7) is -0.0532. The third kappa shape index (κ3) is 1.02. The molecule has 5 nitrogen and oxygen atoms in total. The Kier molecular flexibility index (Phi) is 1.39. The third-order valence-electron chi connectivity index (χ3n) is 0.873. The maximum absolute atomic E-state index is 10.4. The van der Waals surface area contributed by atoms with E-state index in [2.05, 4.69) is 22.8 Å². The highest BCUT2D eigenvalue weighted by Crippen LogP contribution is 1.96. The Morgan fingerprint density at radius 2 is 2.44 bits per heavy atom. The largest absolute Gasteiger partial charge is 0.300 e. The molecule has 9 heavy (non-hydrogen) atoms. The van der Waals surface area contributed by atoms with E-state index in [1.807, 2.05) is 0 Å². The summed E-state index contributed by atoms with van der Waals surface area (Å²) in [6, 6.07) is 0. The van der Waals surface area contributed by atoms with Crippen LogP contribution >= 0.6 is 12.2 Å². The topological polar surface area (TPSA) is 61.8 Å². The Balaban J connectivity index is 2.68. The molecule has 1 saturated heterocycles. The van der Waals surface area contributed by atoms with Crippen LogP contribution in [-0.2, 0) is 4.79 Å². The maximum Gasteiger partial charge on any atom is 0.248 e. The first-order chi connectivity index (χ1) is 4.24. The van der Waals surface area contributed by atoms with Gasteiger partial charge in [-0.2, -0.15) is 5.01 Å². The summed E-state index contributed by atoms with van der Waals surface area (Å²) < 4.78 is 0. The molecule has 1 aliphatic heterocycles. The average Bonchev–Trinajstić information content (AvgIpc) is 2.10. The molecule has 0 aromatic carbocycles. The molecule has 0 unspecified atom stereocenters. The Morgan fingerprint density at radius 1 is 1.78 bits per heavy atom. The molecule has 48 valence electrons. The Morgan fingerprint density at radius 3 is 2.67 bits per heavy atom. The molecule has 0 bridgehead atoms. The molecule has 0 aromatic rings. The van der Waals surface area contributed by atoms with Gasteiger partial charge in [0.15, 0.2) is 5.11 Å². The van der Waals surface area contributed by atoms with Crippen molar-refractivity contribution in [1.82, 2.24) is 10.3 Å². The van der Waals surface area contributed by atoms with Crippen LogP contribution in [0.5, 0.6) is 0 Å². The van der Waals surface area contributed by atoms with E-state index in [4.69, 9.17) is 0 Å². The smallest absolute Gasteiger partial charge is 0.248 e. The van der Waals surface area contributed by atoms with Gasteiger partial charge in [0.1, 0.15) is 6.54 Å². The molecule has 1 N–H and O–H groups in total. The number of nitroso groups, excluding NO2 is 1. The van der Waals surface area contributed by atoms with Crippen molar-refractivity contribution in [3.63, 3.8) is 0 Å². The molecule has 0 aromatic heterocycles. The second-order valence-electron chi connectivity index (χ2n) is 1.49. The van der Waals surface area contributed by atoms with Crippen LogP contribution in [-0.4, -0.2) is 22.6 Å². The first-order valence-electron chi connectivity index (χ1n) is 2.18. The second kappa shape index (κ2) is 2.06. The highest BCUT2D eigenvalue weighted by Gasteiger charge is 2.23. The first kappa shape index (κ1) is 6.09. The summed E-state index contributed by atoms with van der Waals surface area (Å²) in [5.41, 5.74) is 0. The lowest BCUT2D eigenvalue weighted by Gasteiger charge is -1.98.